The zero-order valence-corrected chi connectivity index (χ0v) is 15.0. The van der Waals surface area contributed by atoms with Gasteiger partial charge in [-0.25, -0.2) is 0 Å². The molecule has 0 amide bonds. The molecule has 0 unspecified atom stereocenters. The fourth-order valence-corrected chi connectivity index (χ4v) is 3.25. The van der Waals surface area contributed by atoms with Crippen molar-refractivity contribution in [2.24, 2.45) is 16.3 Å². The molecule has 0 radical (unpaired) electrons. The molecule has 122 valence electrons. The molecule has 2 heteroatoms. The van der Waals surface area contributed by atoms with Crippen molar-refractivity contribution < 1.29 is 0 Å². The van der Waals surface area contributed by atoms with E-state index in [0.717, 1.165) is 19.4 Å². The van der Waals surface area contributed by atoms with Crippen molar-refractivity contribution in [1.29, 1.82) is 0 Å². The van der Waals surface area contributed by atoms with E-state index in [2.05, 4.69) is 70.1 Å². The van der Waals surface area contributed by atoms with Crippen molar-refractivity contribution in [1.82, 2.24) is 4.98 Å². The fraction of sp³-hybridized carbons (Fsp3) is 0.476. The van der Waals surface area contributed by atoms with Gasteiger partial charge in [0.15, 0.2) is 0 Å². The van der Waals surface area contributed by atoms with Crippen LogP contribution in [0.3, 0.4) is 0 Å². The number of H-pyrrole nitrogens is 1. The van der Waals surface area contributed by atoms with E-state index >= 15 is 0 Å². The average Bonchev–Trinajstić information content (AvgIpc) is 2.88. The van der Waals surface area contributed by atoms with Crippen LogP contribution in [0.1, 0.15) is 52.2 Å². The van der Waals surface area contributed by atoms with Gasteiger partial charge in [0.2, 0.25) is 0 Å². The standard InChI is InChI=1S/C21H28N2/c1-14(2)10-17-13-23-19-7-6-15(11-18(17)19)16-8-9-22-20(12-16)21(3,4)5/h6-7,11-14,23H,8-10H2,1-5H3. The minimum absolute atomic E-state index is 0.118. The molecule has 0 saturated carbocycles. The number of aromatic nitrogens is 1. The lowest BCUT2D eigenvalue weighted by molar-refractivity contribution is 0.589. The maximum Gasteiger partial charge on any atom is 0.0457 e. The van der Waals surface area contributed by atoms with Crippen LogP contribution in [0.15, 0.2) is 35.5 Å². The molecule has 3 rings (SSSR count). The lowest BCUT2D eigenvalue weighted by Crippen LogP contribution is -2.21. The normalized spacial score (nSPS) is 15.9. The van der Waals surface area contributed by atoms with Gasteiger partial charge in [-0.15, -0.1) is 0 Å². The summed E-state index contributed by atoms with van der Waals surface area (Å²) in [6.07, 6.45) is 6.64. The summed E-state index contributed by atoms with van der Waals surface area (Å²) in [6, 6.07) is 6.83. The lowest BCUT2D eigenvalue weighted by atomic mass is 9.85. The summed E-state index contributed by atoms with van der Waals surface area (Å²) < 4.78 is 0. The van der Waals surface area contributed by atoms with Gasteiger partial charge in [0, 0.05) is 34.8 Å². The first-order valence-corrected chi connectivity index (χ1v) is 8.70. The molecule has 0 saturated heterocycles. The first kappa shape index (κ1) is 16.0. The number of dihydropyridines is 1. The largest absolute Gasteiger partial charge is 0.361 e. The molecule has 1 aliphatic heterocycles. The van der Waals surface area contributed by atoms with Crippen molar-refractivity contribution in [2.75, 3.05) is 6.54 Å². The van der Waals surface area contributed by atoms with Crippen LogP contribution in [0, 0.1) is 11.3 Å². The molecule has 0 bridgehead atoms. The second kappa shape index (κ2) is 5.99. The monoisotopic (exact) mass is 308 g/mol. The summed E-state index contributed by atoms with van der Waals surface area (Å²) in [5.74, 6) is 0.672. The third kappa shape index (κ3) is 3.41. The van der Waals surface area contributed by atoms with Crippen LogP contribution < -0.4 is 0 Å². The summed E-state index contributed by atoms with van der Waals surface area (Å²) in [5, 5.41) is 1.37. The number of fused-ring (bicyclic) bond motifs is 1. The smallest absolute Gasteiger partial charge is 0.0457 e. The molecule has 0 fully saturated rings. The van der Waals surface area contributed by atoms with Crippen LogP contribution in [-0.4, -0.2) is 17.2 Å². The van der Waals surface area contributed by atoms with Gasteiger partial charge < -0.3 is 4.98 Å². The van der Waals surface area contributed by atoms with Gasteiger partial charge in [0.1, 0.15) is 0 Å². The van der Waals surface area contributed by atoms with E-state index in [1.54, 1.807) is 0 Å². The maximum absolute atomic E-state index is 4.72. The predicted molar refractivity (Wildman–Crippen MR) is 101 cm³/mol. The molecule has 1 N–H and O–H groups in total. The Morgan fingerprint density at radius 3 is 2.70 bits per heavy atom. The molecule has 1 aliphatic rings. The van der Waals surface area contributed by atoms with Gasteiger partial charge in [-0.1, -0.05) is 40.7 Å². The molecule has 1 aromatic heterocycles. The van der Waals surface area contributed by atoms with E-state index in [1.165, 1.54) is 33.3 Å². The van der Waals surface area contributed by atoms with Gasteiger partial charge in [-0.3, -0.25) is 4.99 Å². The van der Waals surface area contributed by atoms with E-state index in [-0.39, 0.29) is 5.41 Å². The Bertz CT molecular complexity index is 767. The Morgan fingerprint density at radius 1 is 1.22 bits per heavy atom. The molecular weight excluding hydrogens is 280 g/mol. The summed E-state index contributed by atoms with van der Waals surface area (Å²) >= 11 is 0. The Balaban J connectivity index is 2.00. The summed E-state index contributed by atoms with van der Waals surface area (Å²) in [5.41, 5.74) is 6.77. The van der Waals surface area contributed by atoms with Gasteiger partial charge in [-0.05, 0) is 53.7 Å². The quantitative estimate of drug-likeness (QED) is 0.760. The SMILES string of the molecule is CC(C)Cc1c[nH]c2ccc(C3=CC(C(C)(C)C)=NCC3)cc12. The number of allylic oxidation sites excluding steroid dienone is 1. The van der Waals surface area contributed by atoms with Crippen LogP contribution in [0.4, 0.5) is 0 Å². The maximum atomic E-state index is 4.72. The average molecular weight is 308 g/mol. The number of hydrogen-bond acceptors (Lipinski definition) is 1. The minimum Gasteiger partial charge on any atom is -0.361 e. The number of aliphatic imine (C=N–C) groups is 1. The Morgan fingerprint density at radius 2 is 2.00 bits per heavy atom. The highest BCUT2D eigenvalue weighted by Crippen LogP contribution is 2.30. The van der Waals surface area contributed by atoms with E-state index in [9.17, 15) is 0 Å². The second-order valence-corrected chi connectivity index (χ2v) is 8.11. The van der Waals surface area contributed by atoms with Gasteiger partial charge >= 0.3 is 0 Å². The molecule has 2 heterocycles. The van der Waals surface area contributed by atoms with Gasteiger partial charge in [0.25, 0.3) is 0 Å². The van der Waals surface area contributed by atoms with Crippen LogP contribution >= 0.6 is 0 Å². The van der Waals surface area contributed by atoms with Crippen LogP contribution in [-0.2, 0) is 6.42 Å². The summed E-state index contributed by atoms with van der Waals surface area (Å²) in [4.78, 5) is 8.13. The first-order valence-electron chi connectivity index (χ1n) is 8.70. The highest BCUT2D eigenvalue weighted by atomic mass is 14.8. The summed E-state index contributed by atoms with van der Waals surface area (Å²) in [6.45, 7) is 12.2. The van der Waals surface area contributed by atoms with Crippen LogP contribution in [0.25, 0.3) is 16.5 Å². The van der Waals surface area contributed by atoms with E-state index in [0.29, 0.717) is 5.92 Å². The van der Waals surface area contributed by atoms with Crippen molar-refractivity contribution in [3.63, 3.8) is 0 Å². The predicted octanol–water partition coefficient (Wildman–Crippen LogP) is 5.64. The molecule has 0 spiro atoms. The Labute approximate surface area is 139 Å². The van der Waals surface area contributed by atoms with E-state index in [4.69, 9.17) is 4.99 Å². The fourth-order valence-electron chi connectivity index (χ4n) is 3.25. The molecule has 2 nitrogen and oxygen atoms in total. The number of hydrogen-bond donors (Lipinski definition) is 1. The van der Waals surface area contributed by atoms with Crippen LogP contribution in [0.2, 0.25) is 0 Å². The molecule has 0 atom stereocenters. The topological polar surface area (TPSA) is 28.1 Å². The first-order chi connectivity index (χ1) is 10.8. The van der Waals surface area contributed by atoms with Crippen molar-refractivity contribution in [2.45, 2.75) is 47.5 Å². The van der Waals surface area contributed by atoms with E-state index in [1.807, 2.05) is 0 Å². The number of rotatable bonds is 3. The number of nitrogens with zero attached hydrogens (tertiary/aromatic N) is 1. The number of benzene rings is 1. The zero-order valence-electron chi connectivity index (χ0n) is 15.0. The Hall–Kier alpha value is -1.83. The molecule has 1 aromatic carbocycles. The molecule has 0 aliphatic carbocycles. The number of nitrogens with one attached hydrogen (secondary N) is 1. The highest BCUT2D eigenvalue weighted by molar-refractivity contribution is 6.05. The van der Waals surface area contributed by atoms with Crippen molar-refractivity contribution in [3.8, 4) is 0 Å². The molecule has 2 aromatic rings. The Kier molecular flexibility index (Phi) is 4.18. The van der Waals surface area contributed by atoms with Crippen molar-refractivity contribution in [3.05, 3.63) is 41.6 Å². The molecular formula is C21H28N2. The summed E-state index contributed by atoms with van der Waals surface area (Å²) in [7, 11) is 0. The lowest BCUT2D eigenvalue weighted by Gasteiger charge is -2.23. The zero-order chi connectivity index (χ0) is 16.6. The third-order valence-corrected chi connectivity index (χ3v) is 4.51. The molecule has 23 heavy (non-hydrogen) atoms. The highest BCUT2D eigenvalue weighted by Gasteiger charge is 2.20. The minimum atomic E-state index is 0.118. The van der Waals surface area contributed by atoms with Crippen molar-refractivity contribution >= 4 is 22.2 Å². The van der Waals surface area contributed by atoms with E-state index < -0.39 is 0 Å². The van der Waals surface area contributed by atoms with Crippen LogP contribution in [0.5, 0.6) is 0 Å². The second-order valence-electron chi connectivity index (χ2n) is 8.11. The third-order valence-electron chi connectivity index (χ3n) is 4.51. The number of aromatic amines is 1. The van der Waals surface area contributed by atoms with Gasteiger partial charge in [0.05, 0.1) is 0 Å². The van der Waals surface area contributed by atoms with Gasteiger partial charge in [-0.2, -0.15) is 0 Å².